The molecule has 1 heterocycles. The van der Waals surface area contributed by atoms with E-state index in [2.05, 4.69) is 5.92 Å². The Labute approximate surface area is 94.1 Å². The number of nitrogens with zero attached hydrogens (tertiary/aromatic N) is 1. The molecule has 3 heteroatoms. The van der Waals surface area contributed by atoms with Crippen molar-refractivity contribution in [1.29, 1.82) is 0 Å². The second kappa shape index (κ2) is 3.82. The van der Waals surface area contributed by atoms with Gasteiger partial charge in [-0.15, -0.1) is 6.42 Å². The molecule has 1 fully saturated rings. The molecule has 16 heavy (non-hydrogen) atoms. The van der Waals surface area contributed by atoms with Gasteiger partial charge in [0.15, 0.2) is 0 Å². The van der Waals surface area contributed by atoms with Gasteiger partial charge in [0, 0.05) is 17.9 Å². The van der Waals surface area contributed by atoms with E-state index in [9.17, 15) is 9.59 Å². The zero-order chi connectivity index (χ0) is 11.7. The molecule has 0 aliphatic carbocycles. The molecule has 1 unspecified atom stereocenters. The van der Waals surface area contributed by atoms with Crippen molar-refractivity contribution in [2.45, 2.75) is 13.3 Å². The third kappa shape index (κ3) is 1.59. The van der Waals surface area contributed by atoms with Crippen molar-refractivity contribution in [2.75, 3.05) is 4.90 Å². The summed E-state index contributed by atoms with van der Waals surface area (Å²) >= 11 is 0. The van der Waals surface area contributed by atoms with Gasteiger partial charge in [-0.2, -0.15) is 0 Å². The van der Waals surface area contributed by atoms with Crippen LogP contribution in [0.5, 0.6) is 0 Å². The fourth-order valence-electron chi connectivity index (χ4n) is 1.79. The summed E-state index contributed by atoms with van der Waals surface area (Å²) in [4.78, 5) is 24.6. The van der Waals surface area contributed by atoms with Crippen LogP contribution in [-0.4, -0.2) is 11.8 Å². The average molecular weight is 213 g/mol. The van der Waals surface area contributed by atoms with Crippen LogP contribution >= 0.6 is 0 Å². The lowest BCUT2D eigenvalue weighted by atomic mass is 10.1. The van der Waals surface area contributed by atoms with Crippen LogP contribution in [0.3, 0.4) is 0 Å². The first-order valence-electron chi connectivity index (χ1n) is 5.07. The molecule has 0 aromatic heterocycles. The van der Waals surface area contributed by atoms with Gasteiger partial charge in [-0.25, -0.2) is 0 Å². The highest BCUT2D eigenvalue weighted by Gasteiger charge is 2.36. The minimum Gasteiger partial charge on any atom is -0.274 e. The number of carbonyl (C=O) groups excluding carboxylic acids is 2. The molecular weight excluding hydrogens is 202 g/mol. The van der Waals surface area contributed by atoms with E-state index >= 15 is 0 Å². The topological polar surface area (TPSA) is 37.4 Å². The predicted octanol–water partition coefficient (Wildman–Crippen LogP) is 1.57. The Hall–Kier alpha value is -2.08. The van der Waals surface area contributed by atoms with Gasteiger partial charge >= 0.3 is 0 Å². The van der Waals surface area contributed by atoms with Crippen molar-refractivity contribution in [3.05, 3.63) is 29.8 Å². The van der Waals surface area contributed by atoms with Crippen molar-refractivity contribution in [1.82, 2.24) is 0 Å². The largest absolute Gasteiger partial charge is 0.274 e. The Morgan fingerprint density at radius 3 is 2.75 bits per heavy atom. The summed E-state index contributed by atoms with van der Waals surface area (Å²) < 4.78 is 0. The van der Waals surface area contributed by atoms with E-state index in [1.54, 1.807) is 31.2 Å². The Morgan fingerprint density at radius 2 is 2.19 bits per heavy atom. The van der Waals surface area contributed by atoms with Crippen LogP contribution < -0.4 is 4.90 Å². The third-order valence-electron chi connectivity index (χ3n) is 2.64. The minimum absolute atomic E-state index is 0.154. The first-order valence-corrected chi connectivity index (χ1v) is 5.07. The highest BCUT2D eigenvalue weighted by molar-refractivity contribution is 6.20. The molecule has 0 spiro atoms. The molecule has 0 N–H and O–H groups in total. The second-order valence-electron chi connectivity index (χ2n) is 3.87. The van der Waals surface area contributed by atoms with Gasteiger partial charge in [0.2, 0.25) is 11.8 Å². The van der Waals surface area contributed by atoms with Gasteiger partial charge in [-0.1, -0.05) is 18.9 Å². The maximum atomic E-state index is 11.8. The predicted molar refractivity (Wildman–Crippen MR) is 60.7 cm³/mol. The number of anilines is 1. The van der Waals surface area contributed by atoms with Crippen LogP contribution in [0.1, 0.15) is 18.9 Å². The van der Waals surface area contributed by atoms with E-state index in [1.807, 2.05) is 0 Å². The molecule has 1 aromatic carbocycles. The number of carbonyl (C=O) groups is 2. The number of benzene rings is 1. The molecule has 1 atom stereocenters. The summed E-state index contributed by atoms with van der Waals surface area (Å²) in [6, 6.07) is 6.90. The summed E-state index contributed by atoms with van der Waals surface area (Å²) in [5.74, 6) is 1.93. The van der Waals surface area contributed by atoms with Gasteiger partial charge in [0.25, 0.3) is 0 Å². The molecule has 0 saturated carbocycles. The van der Waals surface area contributed by atoms with Gasteiger partial charge in [-0.05, 0) is 18.2 Å². The van der Waals surface area contributed by atoms with Gasteiger partial charge in [0.05, 0.1) is 5.69 Å². The molecule has 80 valence electrons. The summed E-state index contributed by atoms with van der Waals surface area (Å²) in [6.45, 7) is 1.76. The standard InChI is InChI=1S/C13H11NO2/c1-3-10-5-4-6-11(8-10)14-12(15)7-9(2)13(14)16/h1,4-6,8-9H,7H2,2H3. The molecule has 2 amide bonds. The Kier molecular flexibility index (Phi) is 2.49. The summed E-state index contributed by atoms with van der Waals surface area (Å²) in [5, 5.41) is 0. The van der Waals surface area contributed by atoms with Crippen molar-refractivity contribution in [3.8, 4) is 12.3 Å². The summed E-state index contributed by atoms with van der Waals surface area (Å²) in [7, 11) is 0. The molecule has 1 aliphatic heterocycles. The maximum absolute atomic E-state index is 11.8. The summed E-state index contributed by atoms with van der Waals surface area (Å²) in [6.07, 6.45) is 5.55. The number of hydrogen-bond acceptors (Lipinski definition) is 2. The van der Waals surface area contributed by atoms with Gasteiger partial charge < -0.3 is 0 Å². The van der Waals surface area contributed by atoms with Crippen LogP contribution in [0.25, 0.3) is 0 Å². The lowest BCUT2D eigenvalue weighted by Crippen LogP contribution is -2.29. The van der Waals surface area contributed by atoms with Crippen molar-refractivity contribution in [2.24, 2.45) is 5.92 Å². The lowest BCUT2D eigenvalue weighted by Gasteiger charge is -2.14. The van der Waals surface area contributed by atoms with Crippen LogP contribution in [0.15, 0.2) is 24.3 Å². The number of amides is 2. The van der Waals surface area contributed by atoms with Crippen LogP contribution in [0.4, 0.5) is 5.69 Å². The highest BCUT2D eigenvalue weighted by Crippen LogP contribution is 2.26. The molecule has 1 aromatic rings. The van der Waals surface area contributed by atoms with E-state index in [0.717, 1.165) is 0 Å². The molecule has 3 nitrogen and oxygen atoms in total. The SMILES string of the molecule is C#Cc1cccc(N2C(=O)CC(C)C2=O)c1. The fourth-order valence-corrected chi connectivity index (χ4v) is 1.79. The van der Waals surface area contributed by atoms with E-state index in [1.165, 1.54) is 4.90 Å². The number of terminal acetylenes is 1. The quantitative estimate of drug-likeness (QED) is 0.524. The molecule has 0 radical (unpaired) electrons. The monoisotopic (exact) mass is 213 g/mol. The van der Waals surface area contributed by atoms with Crippen LogP contribution in [0.2, 0.25) is 0 Å². The molecule has 0 bridgehead atoms. The average Bonchev–Trinajstić information content (AvgIpc) is 2.53. The number of imide groups is 1. The summed E-state index contributed by atoms with van der Waals surface area (Å²) in [5.41, 5.74) is 1.23. The fraction of sp³-hybridized carbons (Fsp3) is 0.231. The zero-order valence-corrected chi connectivity index (χ0v) is 8.93. The Balaban J connectivity index is 2.41. The first kappa shape index (κ1) is 10.4. The first-order chi connectivity index (χ1) is 7.63. The van der Waals surface area contributed by atoms with E-state index in [-0.39, 0.29) is 24.2 Å². The van der Waals surface area contributed by atoms with E-state index in [4.69, 9.17) is 6.42 Å². The van der Waals surface area contributed by atoms with Crippen molar-refractivity contribution < 1.29 is 9.59 Å². The second-order valence-corrected chi connectivity index (χ2v) is 3.87. The number of hydrogen-bond donors (Lipinski definition) is 0. The Morgan fingerprint density at radius 1 is 1.44 bits per heavy atom. The Bertz CT molecular complexity index is 499. The maximum Gasteiger partial charge on any atom is 0.237 e. The van der Waals surface area contributed by atoms with Gasteiger partial charge in [-0.3, -0.25) is 14.5 Å². The molecular formula is C13H11NO2. The van der Waals surface area contributed by atoms with Crippen LogP contribution in [-0.2, 0) is 9.59 Å². The lowest BCUT2D eigenvalue weighted by molar-refractivity contribution is -0.122. The van der Waals surface area contributed by atoms with Crippen molar-refractivity contribution >= 4 is 17.5 Å². The third-order valence-corrected chi connectivity index (χ3v) is 2.64. The molecule has 2 rings (SSSR count). The molecule has 1 aliphatic rings. The van der Waals surface area contributed by atoms with Gasteiger partial charge in [0.1, 0.15) is 0 Å². The van der Waals surface area contributed by atoms with Crippen molar-refractivity contribution in [3.63, 3.8) is 0 Å². The normalized spacial score (nSPS) is 20.0. The highest BCUT2D eigenvalue weighted by atomic mass is 16.2. The van der Waals surface area contributed by atoms with E-state index in [0.29, 0.717) is 11.3 Å². The minimum atomic E-state index is -0.234. The van der Waals surface area contributed by atoms with E-state index < -0.39 is 0 Å². The zero-order valence-electron chi connectivity index (χ0n) is 8.93. The molecule has 1 saturated heterocycles. The van der Waals surface area contributed by atoms with Crippen LogP contribution in [0, 0.1) is 18.3 Å². The smallest absolute Gasteiger partial charge is 0.237 e. The number of rotatable bonds is 1.